The van der Waals surface area contributed by atoms with Crippen LogP contribution in [0.1, 0.15) is 60.9 Å². The molecular formula is C52H47NS2. The maximum Gasteiger partial charge on any atom is 0.0597 e. The first-order chi connectivity index (χ1) is 27.3. The van der Waals surface area contributed by atoms with E-state index in [1.165, 1.54) is 67.9 Å². The van der Waals surface area contributed by atoms with Gasteiger partial charge in [-0.3, -0.25) is 0 Å². The third-order valence-corrected chi connectivity index (χ3v) is 15.8. The topological polar surface area (TPSA) is 3.24 Å². The number of fused-ring (bicyclic) bond motifs is 7. The van der Waals surface area contributed by atoms with E-state index >= 15 is 0 Å². The summed E-state index contributed by atoms with van der Waals surface area (Å²) in [5.41, 5.74) is 13.3. The molecule has 6 atom stereocenters. The molecule has 1 nitrogen and oxygen atoms in total. The summed E-state index contributed by atoms with van der Waals surface area (Å²) in [5.74, 6) is 1.74. The number of aryl methyl sites for hydroxylation is 1. The molecule has 2 aromatic carbocycles. The predicted molar refractivity (Wildman–Crippen MR) is 237 cm³/mol. The van der Waals surface area contributed by atoms with Gasteiger partial charge in [0.2, 0.25) is 0 Å². The Bertz CT molecular complexity index is 2460. The van der Waals surface area contributed by atoms with Crippen LogP contribution in [0.2, 0.25) is 0 Å². The molecule has 2 heterocycles. The molecule has 7 aliphatic carbocycles. The SMILES string of the molecule is C1=CC2=CC=CC(C3=CCC(N(C4=CCC(C5=C6c7ccccc7SC6CC=C5)C=C4)c4cccc5c6c(sc45)C(C4C=CCCC4)=CCC6)C=C3)C2C=C1. The van der Waals surface area contributed by atoms with Gasteiger partial charge < -0.3 is 4.90 Å². The molecule has 0 amide bonds. The van der Waals surface area contributed by atoms with Gasteiger partial charge in [-0.15, -0.1) is 23.1 Å². The number of benzene rings is 2. The van der Waals surface area contributed by atoms with Crippen LogP contribution in [0.4, 0.5) is 5.69 Å². The van der Waals surface area contributed by atoms with Gasteiger partial charge in [0.25, 0.3) is 0 Å². The lowest BCUT2D eigenvalue weighted by atomic mass is 9.75. The molecule has 0 bridgehead atoms. The van der Waals surface area contributed by atoms with E-state index in [2.05, 4.69) is 180 Å². The average molecular weight is 750 g/mol. The highest BCUT2D eigenvalue weighted by Gasteiger charge is 2.35. The van der Waals surface area contributed by atoms with Crippen molar-refractivity contribution < 1.29 is 0 Å². The predicted octanol–water partition coefficient (Wildman–Crippen LogP) is 13.9. The van der Waals surface area contributed by atoms with Crippen LogP contribution in [0.3, 0.4) is 0 Å². The molecule has 3 heteroatoms. The molecule has 0 saturated carbocycles. The zero-order valence-electron chi connectivity index (χ0n) is 31.3. The molecule has 1 aliphatic heterocycles. The Morgan fingerprint density at radius 2 is 1.64 bits per heavy atom. The zero-order chi connectivity index (χ0) is 36.3. The Hall–Kier alpha value is -4.57. The molecule has 0 N–H and O–H groups in total. The Balaban J connectivity index is 0.965. The molecule has 3 aromatic rings. The molecule has 272 valence electrons. The fourth-order valence-electron chi connectivity index (χ4n) is 10.5. The molecule has 0 spiro atoms. The first kappa shape index (κ1) is 33.7. The number of hydrogen-bond acceptors (Lipinski definition) is 3. The van der Waals surface area contributed by atoms with Gasteiger partial charge in [-0.25, -0.2) is 0 Å². The van der Waals surface area contributed by atoms with Crippen LogP contribution >= 0.6 is 23.1 Å². The summed E-state index contributed by atoms with van der Waals surface area (Å²) in [6.07, 6.45) is 52.6. The van der Waals surface area contributed by atoms with Crippen molar-refractivity contribution in [3.63, 3.8) is 0 Å². The van der Waals surface area contributed by atoms with Gasteiger partial charge in [-0.1, -0.05) is 134 Å². The number of rotatable bonds is 6. The number of nitrogens with zero attached hydrogens (tertiary/aromatic N) is 1. The highest BCUT2D eigenvalue weighted by molar-refractivity contribution is 8.00. The Kier molecular flexibility index (Phi) is 8.70. The summed E-state index contributed by atoms with van der Waals surface area (Å²) in [7, 11) is 0. The fourth-order valence-corrected chi connectivity index (χ4v) is 13.3. The third kappa shape index (κ3) is 5.89. The van der Waals surface area contributed by atoms with Crippen molar-refractivity contribution in [2.45, 2.75) is 67.6 Å². The molecule has 1 aromatic heterocycles. The number of thioether (sulfide) groups is 1. The minimum Gasteiger partial charge on any atom is -0.333 e. The summed E-state index contributed by atoms with van der Waals surface area (Å²) in [6, 6.07) is 16.4. The largest absolute Gasteiger partial charge is 0.333 e. The van der Waals surface area contributed by atoms with Gasteiger partial charge in [0.15, 0.2) is 0 Å². The monoisotopic (exact) mass is 749 g/mol. The number of allylic oxidation sites excluding steroid dienone is 20. The summed E-state index contributed by atoms with van der Waals surface area (Å²) in [6.45, 7) is 0. The van der Waals surface area contributed by atoms with E-state index in [1.54, 1.807) is 21.6 Å². The van der Waals surface area contributed by atoms with Gasteiger partial charge in [0.1, 0.15) is 0 Å². The van der Waals surface area contributed by atoms with E-state index in [-0.39, 0.29) is 6.04 Å². The highest BCUT2D eigenvalue weighted by Crippen LogP contribution is 2.52. The van der Waals surface area contributed by atoms with E-state index in [0.717, 1.165) is 32.1 Å². The lowest BCUT2D eigenvalue weighted by Gasteiger charge is -2.37. The zero-order valence-corrected chi connectivity index (χ0v) is 33.0. The van der Waals surface area contributed by atoms with Gasteiger partial charge >= 0.3 is 0 Å². The average Bonchev–Trinajstić information content (AvgIpc) is 3.84. The van der Waals surface area contributed by atoms with Gasteiger partial charge in [-0.2, -0.15) is 0 Å². The van der Waals surface area contributed by atoms with Crippen LogP contribution in [0.15, 0.2) is 179 Å². The maximum absolute atomic E-state index is 2.70. The van der Waals surface area contributed by atoms with E-state index < -0.39 is 0 Å². The van der Waals surface area contributed by atoms with Gasteiger partial charge in [-0.05, 0) is 114 Å². The van der Waals surface area contributed by atoms with Crippen LogP contribution in [-0.2, 0) is 6.42 Å². The Labute approximate surface area is 334 Å². The molecule has 0 saturated heterocycles. The second kappa shape index (κ2) is 14.2. The van der Waals surface area contributed by atoms with Crippen molar-refractivity contribution in [3.05, 3.63) is 190 Å². The first-order valence-electron chi connectivity index (χ1n) is 20.7. The second-order valence-corrected chi connectivity index (χ2v) is 18.5. The van der Waals surface area contributed by atoms with Crippen molar-refractivity contribution in [1.29, 1.82) is 0 Å². The minimum absolute atomic E-state index is 0.237. The van der Waals surface area contributed by atoms with E-state index in [1.807, 2.05) is 0 Å². The van der Waals surface area contributed by atoms with Crippen LogP contribution < -0.4 is 4.90 Å². The number of hydrogen-bond donors (Lipinski definition) is 0. The standard InChI is InChI=1S/C52H47NS2/c1-2-12-35(13-3-1)43-20-9-21-44-45-22-10-23-47(52(45)55-51(43)44)53(38-30-26-36(27-31-38)41-18-8-15-34-14-4-5-16-40(34)41)39-32-28-37(29-33-39)42-19-11-25-49-50(42)46-17-6-7-24-48(46)54-49/h2,4-8,10-12,14-20,22-24,26-28,30,32-33,35,37-38,40-41,49H,1,3,9,13,21,25,29,31H2. The fraction of sp³-hybridized carbons (Fsp3) is 0.269. The van der Waals surface area contributed by atoms with Crippen molar-refractivity contribution in [2.75, 3.05) is 4.90 Å². The van der Waals surface area contributed by atoms with Crippen LogP contribution in [0, 0.1) is 23.7 Å². The van der Waals surface area contributed by atoms with Crippen LogP contribution in [-0.4, -0.2) is 11.3 Å². The number of anilines is 1. The minimum atomic E-state index is 0.237. The summed E-state index contributed by atoms with van der Waals surface area (Å²) in [4.78, 5) is 5.69. The second-order valence-electron chi connectivity index (χ2n) is 16.3. The summed E-state index contributed by atoms with van der Waals surface area (Å²) >= 11 is 4.12. The van der Waals surface area contributed by atoms with E-state index in [0.29, 0.717) is 28.9 Å². The third-order valence-electron chi connectivity index (χ3n) is 13.1. The first-order valence-corrected chi connectivity index (χ1v) is 22.4. The van der Waals surface area contributed by atoms with Crippen LogP contribution in [0.25, 0.3) is 21.2 Å². The smallest absolute Gasteiger partial charge is 0.0597 e. The van der Waals surface area contributed by atoms with Gasteiger partial charge in [0, 0.05) is 44.4 Å². The van der Waals surface area contributed by atoms with E-state index in [4.69, 9.17) is 0 Å². The summed E-state index contributed by atoms with van der Waals surface area (Å²) < 4.78 is 1.45. The Morgan fingerprint density at radius 3 is 2.53 bits per heavy atom. The molecule has 11 rings (SSSR count). The quantitative estimate of drug-likeness (QED) is 0.231. The molecule has 55 heavy (non-hydrogen) atoms. The van der Waals surface area contributed by atoms with Crippen molar-refractivity contribution in [2.24, 2.45) is 23.7 Å². The molecule has 8 aliphatic rings. The van der Waals surface area contributed by atoms with Crippen LogP contribution in [0.5, 0.6) is 0 Å². The van der Waals surface area contributed by atoms with Gasteiger partial charge in [0.05, 0.1) is 16.4 Å². The van der Waals surface area contributed by atoms with E-state index in [9.17, 15) is 0 Å². The molecular weight excluding hydrogens is 703 g/mol. The maximum atomic E-state index is 2.70. The molecule has 6 unspecified atom stereocenters. The van der Waals surface area contributed by atoms with Crippen molar-refractivity contribution >= 4 is 50.0 Å². The number of thiophene rings is 1. The highest BCUT2D eigenvalue weighted by atomic mass is 32.2. The van der Waals surface area contributed by atoms with Crippen molar-refractivity contribution in [1.82, 2.24) is 0 Å². The van der Waals surface area contributed by atoms with Crippen molar-refractivity contribution in [3.8, 4) is 0 Å². The summed E-state index contributed by atoms with van der Waals surface area (Å²) in [5, 5.41) is 2.01. The lowest BCUT2D eigenvalue weighted by Crippen LogP contribution is -2.34. The lowest BCUT2D eigenvalue weighted by molar-refractivity contribution is 0.608. The Morgan fingerprint density at radius 1 is 0.691 bits per heavy atom. The normalized spacial score (nSPS) is 28.7. The molecule has 0 radical (unpaired) electrons. The molecule has 0 fully saturated rings.